The minimum atomic E-state index is -0.713. The molecule has 1 aromatic carbocycles. The van der Waals surface area contributed by atoms with Crippen molar-refractivity contribution in [2.75, 3.05) is 19.6 Å². The number of aliphatic hydroxyl groups is 1. The number of halogens is 1. The number of nitrogens with zero attached hydrogens (tertiary/aromatic N) is 2. The highest BCUT2D eigenvalue weighted by atomic mass is 35.5. The third-order valence-corrected chi connectivity index (χ3v) is 6.18. The summed E-state index contributed by atoms with van der Waals surface area (Å²) < 4.78 is 0. The first kappa shape index (κ1) is 18.4. The Labute approximate surface area is 163 Å². The van der Waals surface area contributed by atoms with Crippen molar-refractivity contribution in [3.63, 3.8) is 0 Å². The van der Waals surface area contributed by atoms with Crippen molar-refractivity contribution in [3.05, 3.63) is 58.9 Å². The fourth-order valence-electron chi connectivity index (χ4n) is 4.66. The van der Waals surface area contributed by atoms with E-state index in [1.807, 2.05) is 24.3 Å². The van der Waals surface area contributed by atoms with Gasteiger partial charge in [0.2, 0.25) is 0 Å². The zero-order chi connectivity index (χ0) is 19.0. The van der Waals surface area contributed by atoms with Crippen molar-refractivity contribution >= 4 is 17.4 Å². The second kappa shape index (κ2) is 7.23. The Bertz CT molecular complexity index is 826. The summed E-state index contributed by atoms with van der Waals surface area (Å²) in [6.07, 6.45) is 3.35. The predicted octanol–water partition coefficient (Wildman–Crippen LogP) is 2.94. The molecule has 2 aliphatic rings. The van der Waals surface area contributed by atoms with Gasteiger partial charge in [-0.1, -0.05) is 29.8 Å². The Hall–Kier alpha value is -1.95. The number of ketones is 1. The van der Waals surface area contributed by atoms with Crippen molar-refractivity contribution in [2.45, 2.75) is 24.9 Å². The van der Waals surface area contributed by atoms with E-state index in [-0.39, 0.29) is 11.5 Å². The number of Topliss-reactive ketones (excluding diaryl/α,β-unsaturated/α-hetero) is 1. The largest absolute Gasteiger partial charge is 0.506 e. The van der Waals surface area contributed by atoms with Crippen LogP contribution in [0.3, 0.4) is 0 Å². The molecule has 0 unspecified atom stereocenters. The number of aromatic nitrogens is 1. The van der Waals surface area contributed by atoms with Crippen molar-refractivity contribution < 1.29 is 15.0 Å². The molecule has 5 nitrogen and oxygen atoms in total. The molecule has 6 heteroatoms. The molecule has 4 rings (SSSR count). The molecule has 1 aliphatic carbocycles. The zero-order valence-corrected chi connectivity index (χ0v) is 15.8. The van der Waals surface area contributed by atoms with Crippen molar-refractivity contribution in [1.82, 2.24) is 9.88 Å². The minimum absolute atomic E-state index is 0.0405. The molecule has 1 saturated heterocycles. The molecule has 0 radical (unpaired) electrons. The first-order chi connectivity index (χ1) is 12.9. The molecular formula is C21H23ClN2O3. The maximum atomic E-state index is 12.4. The summed E-state index contributed by atoms with van der Waals surface area (Å²) in [5.74, 6) is 0.817. The Morgan fingerprint density at radius 2 is 1.89 bits per heavy atom. The average Bonchev–Trinajstić information content (AvgIpc) is 3.11. The average molecular weight is 387 g/mol. The van der Waals surface area contributed by atoms with Crippen LogP contribution in [0, 0.1) is 11.8 Å². The molecule has 0 bridgehead atoms. The summed E-state index contributed by atoms with van der Waals surface area (Å²) in [4.78, 5) is 18.5. The molecular weight excluding hydrogens is 364 g/mol. The molecule has 3 atom stereocenters. The van der Waals surface area contributed by atoms with Crippen LogP contribution in [0.5, 0.6) is 5.75 Å². The zero-order valence-electron chi connectivity index (χ0n) is 15.0. The van der Waals surface area contributed by atoms with Crippen LogP contribution in [-0.2, 0) is 6.42 Å². The van der Waals surface area contributed by atoms with E-state index < -0.39 is 5.60 Å². The molecule has 1 aromatic heterocycles. The summed E-state index contributed by atoms with van der Waals surface area (Å²) in [6.45, 7) is 1.96. The van der Waals surface area contributed by atoms with Gasteiger partial charge in [0.05, 0.1) is 18.3 Å². The first-order valence-electron chi connectivity index (χ1n) is 9.28. The molecule has 2 heterocycles. The summed E-state index contributed by atoms with van der Waals surface area (Å²) in [7, 11) is 0. The Morgan fingerprint density at radius 1 is 1.19 bits per heavy atom. The normalized spacial score (nSPS) is 27.6. The van der Waals surface area contributed by atoms with Gasteiger partial charge in [-0.25, -0.2) is 4.98 Å². The van der Waals surface area contributed by atoms with E-state index in [0.717, 1.165) is 31.5 Å². The third-order valence-electron chi connectivity index (χ3n) is 5.81. The van der Waals surface area contributed by atoms with Crippen molar-refractivity contribution in [3.8, 4) is 5.75 Å². The quantitative estimate of drug-likeness (QED) is 0.773. The highest BCUT2D eigenvalue weighted by Crippen LogP contribution is 2.45. The molecule has 2 N–H and O–H groups in total. The lowest BCUT2D eigenvalue weighted by molar-refractivity contribution is 0.0355. The molecule has 1 saturated carbocycles. The summed E-state index contributed by atoms with van der Waals surface area (Å²) >= 11 is 6.26. The lowest BCUT2D eigenvalue weighted by Crippen LogP contribution is -2.34. The SMILES string of the molecule is O=C(CN1C[C@@H]2C[C@@](O)(Cc3ccccc3Cl)C[C@@H]2C1)c1ccc(O)cn1. The van der Waals surface area contributed by atoms with Gasteiger partial charge in [0.15, 0.2) is 5.78 Å². The van der Waals surface area contributed by atoms with Gasteiger partial charge in [0, 0.05) is 24.5 Å². The van der Waals surface area contributed by atoms with Crippen LogP contribution < -0.4 is 0 Å². The van der Waals surface area contributed by atoms with E-state index >= 15 is 0 Å². The monoisotopic (exact) mass is 386 g/mol. The molecule has 27 heavy (non-hydrogen) atoms. The number of hydrogen-bond acceptors (Lipinski definition) is 5. The maximum Gasteiger partial charge on any atom is 0.195 e. The lowest BCUT2D eigenvalue weighted by Gasteiger charge is -2.26. The lowest BCUT2D eigenvalue weighted by atomic mass is 9.91. The third kappa shape index (κ3) is 4.00. The van der Waals surface area contributed by atoms with Gasteiger partial charge in [-0.05, 0) is 48.4 Å². The Morgan fingerprint density at radius 3 is 2.52 bits per heavy atom. The van der Waals surface area contributed by atoms with Crippen LogP contribution in [0.2, 0.25) is 5.02 Å². The maximum absolute atomic E-state index is 12.4. The van der Waals surface area contributed by atoms with E-state index in [1.54, 1.807) is 6.07 Å². The van der Waals surface area contributed by atoms with Crippen LogP contribution in [-0.4, -0.2) is 51.1 Å². The number of hydrogen-bond donors (Lipinski definition) is 2. The van der Waals surface area contributed by atoms with Crippen molar-refractivity contribution in [1.29, 1.82) is 0 Å². The van der Waals surface area contributed by atoms with Crippen LogP contribution >= 0.6 is 11.6 Å². The van der Waals surface area contributed by atoms with Crippen molar-refractivity contribution in [2.24, 2.45) is 11.8 Å². The van der Waals surface area contributed by atoms with Gasteiger partial charge >= 0.3 is 0 Å². The van der Waals surface area contributed by atoms with Gasteiger partial charge in [-0.3, -0.25) is 9.69 Å². The number of aromatic hydroxyl groups is 1. The topological polar surface area (TPSA) is 73.7 Å². The van der Waals surface area contributed by atoms with Crippen LogP contribution in [0.15, 0.2) is 42.6 Å². The first-order valence-corrected chi connectivity index (χ1v) is 9.66. The summed E-state index contributed by atoms with van der Waals surface area (Å²) in [5, 5.41) is 21.1. The Kier molecular flexibility index (Phi) is 4.93. The predicted molar refractivity (Wildman–Crippen MR) is 103 cm³/mol. The van der Waals surface area contributed by atoms with Crippen LogP contribution in [0.25, 0.3) is 0 Å². The molecule has 2 aromatic rings. The molecule has 142 valence electrons. The second-order valence-electron chi connectivity index (χ2n) is 7.94. The highest BCUT2D eigenvalue weighted by Gasteiger charge is 2.48. The fraction of sp³-hybridized carbons (Fsp3) is 0.429. The number of likely N-dealkylation sites (tertiary alicyclic amines) is 1. The number of benzene rings is 1. The number of pyridine rings is 1. The minimum Gasteiger partial charge on any atom is -0.506 e. The van der Waals surface area contributed by atoms with Crippen LogP contribution in [0.1, 0.15) is 28.9 Å². The molecule has 2 fully saturated rings. The molecule has 1 aliphatic heterocycles. The van der Waals surface area contributed by atoms with E-state index in [4.69, 9.17) is 11.6 Å². The number of carbonyl (C=O) groups is 1. The number of rotatable bonds is 5. The van der Waals surface area contributed by atoms with Crippen LogP contribution in [0.4, 0.5) is 0 Å². The highest BCUT2D eigenvalue weighted by molar-refractivity contribution is 6.31. The van der Waals surface area contributed by atoms with E-state index in [0.29, 0.717) is 35.5 Å². The van der Waals surface area contributed by atoms with Gasteiger partial charge in [0.25, 0.3) is 0 Å². The number of fused-ring (bicyclic) bond motifs is 1. The van der Waals surface area contributed by atoms with Gasteiger partial charge in [-0.2, -0.15) is 0 Å². The van der Waals surface area contributed by atoms with Gasteiger partial charge < -0.3 is 10.2 Å². The van der Waals surface area contributed by atoms with E-state index in [1.165, 1.54) is 12.3 Å². The smallest absolute Gasteiger partial charge is 0.195 e. The van der Waals surface area contributed by atoms with E-state index in [2.05, 4.69) is 9.88 Å². The van der Waals surface area contributed by atoms with Gasteiger partial charge in [-0.15, -0.1) is 0 Å². The Balaban J connectivity index is 1.34. The fourth-order valence-corrected chi connectivity index (χ4v) is 4.87. The number of carbonyl (C=O) groups excluding carboxylic acids is 1. The summed E-state index contributed by atoms with van der Waals surface area (Å²) in [6, 6.07) is 10.7. The standard InChI is InChI=1S/C21H23ClN2O3/c22-18-4-2-1-3-14(18)7-21(27)8-15-11-24(12-16(15)9-21)13-20(26)19-6-5-17(25)10-23-19/h1-6,10,15-16,25,27H,7-9,11-13H2/t15-,16+,21-. The second-order valence-corrected chi connectivity index (χ2v) is 8.35. The molecule has 0 amide bonds. The summed E-state index contributed by atoms with van der Waals surface area (Å²) in [5.41, 5.74) is 0.654. The van der Waals surface area contributed by atoms with E-state index in [9.17, 15) is 15.0 Å². The van der Waals surface area contributed by atoms with Gasteiger partial charge in [0.1, 0.15) is 11.4 Å². The molecule has 0 spiro atoms.